The maximum atomic E-state index is 12.5. The summed E-state index contributed by atoms with van der Waals surface area (Å²) in [4.78, 5) is 75.3. The number of esters is 1. The second-order valence-corrected chi connectivity index (χ2v) is 15.9. The van der Waals surface area contributed by atoms with Crippen LogP contribution in [0.3, 0.4) is 0 Å². The van der Waals surface area contributed by atoms with Crippen molar-refractivity contribution in [1.82, 2.24) is 9.80 Å². The molecule has 11 nitrogen and oxygen atoms in total. The van der Waals surface area contributed by atoms with E-state index >= 15 is 0 Å². The summed E-state index contributed by atoms with van der Waals surface area (Å²) in [6.07, 6.45) is 9.47. The Morgan fingerprint density at radius 1 is 0.764 bits per heavy atom. The minimum atomic E-state index is -0.851. The van der Waals surface area contributed by atoms with E-state index in [1.807, 2.05) is 49.4 Å². The van der Waals surface area contributed by atoms with Crippen molar-refractivity contribution in [3.8, 4) is 5.75 Å². The average molecular weight is 765 g/mol. The smallest absolute Gasteiger partial charge is 0.331 e. The van der Waals surface area contributed by atoms with Gasteiger partial charge in [-0.25, -0.2) is 4.79 Å². The summed E-state index contributed by atoms with van der Waals surface area (Å²) in [5.74, 6) is -2.30. The first kappa shape index (κ1) is 46.8. The molecule has 55 heavy (non-hydrogen) atoms. The van der Waals surface area contributed by atoms with Crippen molar-refractivity contribution in [3.05, 3.63) is 65.7 Å². The van der Waals surface area contributed by atoms with Gasteiger partial charge in [0.15, 0.2) is 11.8 Å². The fourth-order valence-corrected chi connectivity index (χ4v) is 5.90. The molecule has 0 saturated carbocycles. The molecule has 2 aliphatic rings. The molecule has 0 spiro atoms. The monoisotopic (exact) mass is 764 g/mol. The Hall–Kier alpha value is -4.38. The normalized spacial score (nSPS) is 16.9. The number of unbranched alkanes of at least 4 members (excludes halogenated alkanes) is 2. The van der Waals surface area contributed by atoms with Gasteiger partial charge in [0.25, 0.3) is 11.8 Å². The van der Waals surface area contributed by atoms with Crippen molar-refractivity contribution >= 4 is 35.1 Å². The van der Waals surface area contributed by atoms with Gasteiger partial charge >= 0.3 is 5.97 Å². The summed E-state index contributed by atoms with van der Waals surface area (Å²) >= 11 is 0. The van der Waals surface area contributed by atoms with Crippen LogP contribution in [0.5, 0.6) is 5.75 Å². The molecule has 304 valence electrons. The Balaban J connectivity index is 0.000000309. The SMILES string of the molecule is CC(=O)[C@@H]1CCCCN1C(=O)C(=O)C(C)(C)C.CCC(C)(C)C(=O)C(=O)N1COC[C@H]1C(=O)OCCCc1ccccc1.CCCCCc1ccc(O)cc1. The van der Waals surface area contributed by atoms with Gasteiger partial charge in [0.2, 0.25) is 11.6 Å². The Bertz CT molecular complexity index is 1550. The number of rotatable bonds is 14. The number of phenols is 1. The molecule has 0 aliphatic carbocycles. The lowest BCUT2D eigenvalue weighted by molar-refractivity contribution is -0.157. The summed E-state index contributed by atoms with van der Waals surface area (Å²) in [5, 5.41) is 9.03. The van der Waals surface area contributed by atoms with E-state index in [4.69, 9.17) is 14.6 Å². The topological polar surface area (TPSA) is 148 Å². The number of nitrogens with zero attached hydrogens (tertiary/aromatic N) is 2. The van der Waals surface area contributed by atoms with E-state index in [1.54, 1.807) is 46.8 Å². The Morgan fingerprint density at radius 2 is 1.36 bits per heavy atom. The second kappa shape index (κ2) is 22.9. The maximum absolute atomic E-state index is 12.5. The molecular weight excluding hydrogens is 700 g/mol. The quantitative estimate of drug-likeness (QED) is 0.121. The number of Topliss-reactive ketones (excluding diaryl/α,β-unsaturated/α-hetero) is 3. The number of carbonyl (C=O) groups excluding carboxylic acids is 6. The van der Waals surface area contributed by atoms with Gasteiger partial charge in [-0.05, 0) is 81.5 Å². The van der Waals surface area contributed by atoms with Gasteiger partial charge in [0.05, 0.1) is 19.3 Å². The lowest BCUT2D eigenvalue weighted by Crippen LogP contribution is -2.51. The highest BCUT2D eigenvalue weighted by Gasteiger charge is 2.42. The number of carbonyl (C=O) groups is 6. The van der Waals surface area contributed by atoms with Gasteiger partial charge in [-0.2, -0.15) is 0 Å². The van der Waals surface area contributed by atoms with Crippen LogP contribution < -0.4 is 0 Å². The molecule has 0 bridgehead atoms. The van der Waals surface area contributed by atoms with E-state index in [0.717, 1.165) is 25.7 Å². The van der Waals surface area contributed by atoms with E-state index < -0.39 is 52.3 Å². The number of piperidine rings is 1. The highest BCUT2D eigenvalue weighted by molar-refractivity contribution is 6.38. The summed E-state index contributed by atoms with van der Waals surface area (Å²) in [6, 6.07) is 16.2. The van der Waals surface area contributed by atoms with Gasteiger partial charge in [-0.1, -0.05) is 104 Å². The first-order valence-corrected chi connectivity index (χ1v) is 19.7. The highest BCUT2D eigenvalue weighted by Crippen LogP contribution is 2.25. The van der Waals surface area contributed by atoms with Crippen molar-refractivity contribution in [2.24, 2.45) is 10.8 Å². The van der Waals surface area contributed by atoms with Crippen LogP contribution in [0.2, 0.25) is 0 Å². The third-order valence-electron chi connectivity index (χ3n) is 9.92. The number of likely N-dealkylation sites (tertiary alicyclic amines) is 1. The standard InChI is InChI=1S/C20H27NO5.C13H21NO3.C11H16O/c1-4-20(2,3)17(22)18(23)21-14-25-13-16(21)19(24)26-12-8-11-15-9-6-5-7-10-15;1-9(15)10-7-5-6-8-14(10)12(17)11(16)13(2,3)4;1-2-3-4-5-10-6-8-11(12)9-7-10/h5-7,9-10,16H,4,8,11-14H2,1-3H3;10H,5-8H2,1-4H3;6-9,12H,2-5H2,1H3/t16-;10-;/m00./s1. The summed E-state index contributed by atoms with van der Waals surface area (Å²) < 4.78 is 10.5. The lowest BCUT2D eigenvalue weighted by Gasteiger charge is -2.35. The van der Waals surface area contributed by atoms with Crippen LogP contribution in [-0.4, -0.2) is 88.6 Å². The molecule has 2 amide bonds. The Kier molecular flexibility index (Phi) is 19.4. The molecule has 0 unspecified atom stereocenters. The van der Waals surface area contributed by atoms with Crippen molar-refractivity contribution in [1.29, 1.82) is 0 Å². The summed E-state index contributed by atoms with van der Waals surface area (Å²) in [6.45, 7) is 14.9. The number of aromatic hydroxyl groups is 1. The molecule has 0 radical (unpaired) electrons. The van der Waals surface area contributed by atoms with Crippen LogP contribution in [0.25, 0.3) is 0 Å². The van der Waals surface area contributed by atoms with Crippen LogP contribution in [0, 0.1) is 10.8 Å². The van der Waals surface area contributed by atoms with Gasteiger partial charge in [0, 0.05) is 17.4 Å². The van der Waals surface area contributed by atoms with Crippen LogP contribution in [0.4, 0.5) is 0 Å². The number of ether oxygens (including phenoxy) is 2. The Labute approximate surface area is 328 Å². The third kappa shape index (κ3) is 15.3. The van der Waals surface area contributed by atoms with Crippen molar-refractivity contribution in [2.75, 3.05) is 26.5 Å². The number of hydrogen-bond acceptors (Lipinski definition) is 9. The first-order chi connectivity index (χ1) is 25.9. The van der Waals surface area contributed by atoms with E-state index in [9.17, 15) is 28.8 Å². The molecule has 2 aliphatic heterocycles. The molecule has 2 fully saturated rings. The number of hydrogen-bond donors (Lipinski definition) is 1. The summed E-state index contributed by atoms with van der Waals surface area (Å²) in [5.41, 5.74) is 1.05. The lowest BCUT2D eigenvalue weighted by atomic mass is 9.84. The molecule has 2 atom stereocenters. The number of phenolic OH excluding ortho intramolecular Hbond substituents is 1. The molecule has 0 aromatic heterocycles. The first-order valence-electron chi connectivity index (χ1n) is 19.7. The van der Waals surface area contributed by atoms with E-state index in [1.165, 1.54) is 47.1 Å². The molecular formula is C44H64N2O9. The summed E-state index contributed by atoms with van der Waals surface area (Å²) in [7, 11) is 0. The average Bonchev–Trinajstić information content (AvgIpc) is 3.67. The van der Waals surface area contributed by atoms with Crippen LogP contribution >= 0.6 is 0 Å². The predicted octanol–water partition coefficient (Wildman–Crippen LogP) is 7.05. The van der Waals surface area contributed by atoms with Crippen molar-refractivity contribution in [2.45, 2.75) is 132 Å². The molecule has 2 saturated heterocycles. The minimum Gasteiger partial charge on any atom is -0.508 e. The fraction of sp³-hybridized carbons (Fsp3) is 0.591. The van der Waals surface area contributed by atoms with Gasteiger partial charge in [-0.3, -0.25) is 28.9 Å². The van der Waals surface area contributed by atoms with Crippen molar-refractivity contribution < 1.29 is 43.3 Å². The zero-order chi connectivity index (χ0) is 41.2. The van der Waals surface area contributed by atoms with E-state index in [0.29, 0.717) is 31.6 Å². The molecule has 11 heteroatoms. The van der Waals surface area contributed by atoms with Crippen molar-refractivity contribution in [3.63, 3.8) is 0 Å². The van der Waals surface area contributed by atoms with E-state index in [2.05, 4.69) is 6.92 Å². The molecule has 2 heterocycles. The fourth-order valence-electron chi connectivity index (χ4n) is 5.90. The third-order valence-corrected chi connectivity index (χ3v) is 9.92. The second-order valence-electron chi connectivity index (χ2n) is 15.9. The van der Waals surface area contributed by atoms with Crippen LogP contribution in [0.1, 0.15) is 118 Å². The number of aryl methyl sites for hydroxylation is 2. The predicted molar refractivity (Wildman–Crippen MR) is 212 cm³/mol. The Morgan fingerprint density at radius 3 is 1.95 bits per heavy atom. The van der Waals surface area contributed by atoms with Gasteiger partial charge in [-0.15, -0.1) is 0 Å². The molecule has 1 N–H and O–H groups in total. The zero-order valence-electron chi connectivity index (χ0n) is 34.4. The maximum Gasteiger partial charge on any atom is 0.331 e. The zero-order valence-corrected chi connectivity index (χ0v) is 34.4. The largest absolute Gasteiger partial charge is 0.508 e. The molecule has 4 rings (SSSR count). The number of ketones is 3. The van der Waals surface area contributed by atoms with E-state index in [-0.39, 0.29) is 25.7 Å². The highest BCUT2D eigenvalue weighted by atomic mass is 16.5. The van der Waals surface area contributed by atoms with Crippen LogP contribution in [0.15, 0.2) is 54.6 Å². The van der Waals surface area contributed by atoms with Gasteiger partial charge in [0.1, 0.15) is 12.5 Å². The number of amides is 2. The minimum absolute atomic E-state index is 0.0280. The molecule has 2 aromatic rings. The number of benzene rings is 2. The van der Waals surface area contributed by atoms with Crippen LogP contribution in [-0.2, 0) is 51.1 Å². The van der Waals surface area contributed by atoms with Gasteiger partial charge < -0.3 is 19.5 Å². The molecule has 2 aromatic carbocycles.